The van der Waals surface area contributed by atoms with Crippen LogP contribution < -0.4 is 0 Å². The van der Waals surface area contributed by atoms with Gasteiger partial charge >= 0.3 is 6.09 Å². The van der Waals surface area contributed by atoms with Gasteiger partial charge in [0, 0.05) is 17.0 Å². The van der Waals surface area contributed by atoms with Gasteiger partial charge < -0.3 is 4.74 Å². The standard InChI is InChI=1S/C26H33BrN2O5S/c1-24(2,3)34-23(31)28-14-16(18-8-6-7-9-20(18)28)12-19(27)22(30)29-21-13-17-10-11-26(21,25(17,4)5)15-35(29,32)33/h6-9,14,17,19,21H,10-13,15H2,1-5H3/t17-,19-,21-,26-/m0/s1. The fourth-order valence-corrected chi connectivity index (χ4v) is 10.2. The molecule has 35 heavy (non-hydrogen) atoms. The van der Waals surface area contributed by atoms with Crippen molar-refractivity contribution in [1.82, 2.24) is 8.87 Å². The van der Waals surface area contributed by atoms with Crippen LogP contribution in [0.25, 0.3) is 10.9 Å². The summed E-state index contributed by atoms with van der Waals surface area (Å²) >= 11 is 3.52. The number of sulfonamides is 1. The second-order valence-corrected chi connectivity index (χ2v) is 14.9. The number of rotatable bonds is 3. The summed E-state index contributed by atoms with van der Waals surface area (Å²) in [6, 6.07) is 7.19. The highest BCUT2D eigenvalue weighted by Crippen LogP contribution is 2.70. The van der Waals surface area contributed by atoms with Crippen LogP contribution in [-0.2, 0) is 26.0 Å². The first-order chi connectivity index (χ1) is 16.2. The second kappa shape index (κ2) is 7.81. The quantitative estimate of drug-likeness (QED) is 0.484. The van der Waals surface area contributed by atoms with Crippen LogP contribution in [0.3, 0.4) is 0 Å². The van der Waals surface area contributed by atoms with Crippen LogP contribution in [0.1, 0.15) is 59.4 Å². The van der Waals surface area contributed by atoms with Gasteiger partial charge in [-0.05, 0) is 69.4 Å². The van der Waals surface area contributed by atoms with Gasteiger partial charge in [0.2, 0.25) is 15.9 Å². The average molecular weight is 566 g/mol. The van der Waals surface area contributed by atoms with Gasteiger partial charge in [-0.2, -0.15) is 0 Å². The predicted octanol–water partition coefficient (Wildman–Crippen LogP) is 5.10. The van der Waals surface area contributed by atoms with Crippen molar-refractivity contribution in [3.8, 4) is 0 Å². The van der Waals surface area contributed by atoms with E-state index in [4.69, 9.17) is 4.74 Å². The number of benzene rings is 1. The van der Waals surface area contributed by atoms with Gasteiger partial charge in [0.15, 0.2) is 0 Å². The van der Waals surface area contributed by atoms with Crippen molar-refractivity contribution in [1.29, 1.82) is 0 Å². The second-order valence-electron chi connectivity index (χ2n) is 11.9. The number of para-hydroxylation sites is 1. The van der Waals surface area contributed by atoms with E-state index in [1.165, 1.54) is 8.87 Å². The van der Waals surface area contributed by atoms with E-state index < -0.39 is 32.5 Å². The minimum Gasteiger partial charge on any atom is -0.443 e. The molecule has 1 spiro atoms. The number of carbonyl (C=O) groups excluding carboxylic acids is 2. The smallest absolute Gasteiger partial charge is 0.419 e. The van der Waals surface area contributed by atoms with E-state index in [1.54, 1.807) is 6.20 Å². The number of aromatic nitrogens is 1. The molecule has 4 atom stereocenters. The van der Waals surface area contributed by atoms with Crippen molar-refractivity contribution in [2.45, 2.75) is 76.8 Å². The maximum atomic E-state index is 13.7. The van der Waals surface area contributed by atoms with E-state index >= 15 is 0 Å². The molecule has 190 valence electrons. The van der Waals surface area contributed by atoms with Gasteiger partial charge in [0.25, 0.3) is 0 Å². The fraction of sp³-hybridized carbons (Fsp3) is 0.615. The number of carbonyl (C=O) groups is 2. The number of fused-ring (bicyclic) bond motifs is 2. The first-order valence-electron chi connectivity index (χ1n) is 12.2. The van der Waals surface area contributed by atoms with Crippen LogP contribution in [0.15, 0.2) is 30.5 Å². The molecule has 7 nitrogen and oxygen atoms in total. The highest BCUT2D eigenvalue weighted by molar-refractivity contribution is 9.10. The number of alkyl halides is 1. The van der Waals surface area contributed by atoms with Gasteiger partial charge in [-0.1, -0.05) is 48.0 Å². The molecule has 2 heterocycles. The van der Waals surface area contributed by atoms with Gasteiger partial charge in [0.05, 0.1) is 22.1 Å². The topological polar surface area (TPSA) is 85.7 Å². The maximum absolute atomic E-state index is 13.7. The number of hydrogen-bond donors (Lipinski definition) is 0. The Labute approximate surface area is 215 Å². The largest absolute Gasteiger partial charge is 0.443 e. The van der Waals surface area contributed by atoms with E-state index in [9.17, 15) is 18.0 Å². The molecular weight excluding hydrogens is 532 g/mol. The Kier molecular flexibility index (Phi) is 5.54. The van der Waals surface area contributed by atoms with Gasteiger partial charge in [0.1, 0.15) is 5.60 Å². The van der Waals surface area contributed by atoms with Crippen LogP contribution in [0.5, 0.6) is 0 Å². The Hall–Kier alpha value is -1.87. The Bertz CT molecular complexity index is 1320. The molecule has 1 aromatic carbocycles. The lowest BCUT2D eigenvalue weighted by atomic mass is 9.69. The Balaban J connectivity index is 1.44. The molecule has 3 fully saturated rings. The number of ether oxygens (including phenoxy) is 1. The minimum absolute atomic E-state index is 0.0532. The third-order valence-corrected chi connectivity index (χ3v) is 11.3. The summed E-state index contributed by atoms with van der Waals surface area (Å²) in [6.07, 6.45) is 4.09. The molecule has 9 heteroatoms. The van der Waals surface area contributed by atoms with Crippen LogP contribution in [0, 0.1) is 16.7 Å². The van der Waals surface area contributed by atoms with E-state index in [0.717, 1.165) is 30.2 Å². The third-order valence-electron chi connectivity index (χ3n) is 8.68. The molecule has 0 radical (unpaired) electrons. The molecular formula is C26H33BrN2O5S. The molecule has 0 N–H and O–H groups in total. The van der Waals surface area contributed by atoms with E-state index in [0.29, 0.717) is 11.4 Å². The molecule has 5 rings (SSSR count). The molecule has 0 unspecified atom stereocenters. The predicted molar refractivity (Wildman–Crippen MR) is 138 cm³/mol. The molecule has 2 saturated carbocycles. The molecule has 2 aliphatic carbocycles. The minimum atomic E-state index is -3.69. The summed E-state index contributed by atoms with van der Waals surface area (Å²) in [4.78, 5) is 25.8. The summed E-state index contributed by atoms with van der Waals surface area (Å²) in [5.74, 6) is 0.0839. The zero-order valence-electron chi connectivity index (χ0n) is 20.9. The van der Waals surface area contributed by atoms with Crippen molar-refractivity contribution in [3.05, 3.63) is 36.0 Å². The van der Waals surface area contributed by atoms with Crippen molar-refractivity contribution in [3.63, 3.8) is 0 Å². The van der Waals surface area contributed by atoms with Crippen molar-refractivity contribution >= 4 is 48.9 Å². The summed E-state index contributed by atoms with van der Waals surface area (Å²) in [5, 5.41) is 0.831. The Morgan fingerprint density at radius 3 is 2.57 bits per heavy atom. The van der Waals surface area contributed by atoms with E-state index in [2.05, 4.69) is 29.8 Å². The SMILES string of the molecule is CC(C)(C)OC(=O)n1cc(C[C@H](Br)C(=O)N2[C@H]3C[C@@H]4CC[C@@]3(CS2(=O)=O)C4(C)C)c2ccccc21. The zero-order valence-corrected chi connectivity index (χ0v) is 23.3. The first-order valence-corrected chi connectivity index (χ1v) is 14.7. The van der Waals surface area contributed by atoms with E-state index in [-0.39, 0.29) is 29.0 Å². The highest BCUT2D eigenvalue weighted by Gasteiger charge is 2.72. The molecule has 2 bridgehead atoms. The van der Waals surface area contributed by atoms with E-state index in [1.807, 2.05) is 45.0 Å². The molecule has 1 aliphatic heterocycles. The average Bonchev–Trinajstić information content (AvgIpc) is 3.37. The number of halogens is 1. The highest BCUT2D eigenvalue weighted by atomic mass is 79.9. The van der Waals surface area contributed by atoms with Gasteiger partial charge in [-0.15, -0.1) is 0 Å². The zero-order chi connectivity index (χ0) is 25.6. The van der Waals surface area contributed by atoms with Crippen LogP contribution in [0.2, 0.25) is 0 Å². The lowest BCUT2D eigenvalue weighted by molar-refractivity contribution is -0.128. The summed E-state index contributed by atoms with van der Waals surface area (Å²) in [5.41, 5.74) is 0.367. The molecule has 1 amide bonds. The third kappa shape index (κ3) is 3.67. The molecule has 1 aromatic heterocycles. The van der Waals surface area contributed by atoms with Crippen LogP contribution >= 0.6 is 15.9 Å². The number of nitrogens with zero attached hydrogens (tertiary/aromatic N) is 2. The van der Waals surface area contributed by atoms with Crippen LogP contribution in [-0.4, -0.2) is 51.5 Å². The number of amides is 1. The maximum Gasteiger partial charge on any atom is 0.419 e. The summed E-state index contributed by atoms with van der Waals surface area (Å²) in [7, 11) is -3.69. The normalized spacial score (nSPS) is 29.4. The summed E-state index contributed by atoms with van der Waals surface area (Å²) < 4.78 is 34.8. The fourth-order valence-electron chi connectivity index (χ4n) is 6.87. The molecule has 2 aromatic rings. The lowest BCUT2D eigenvalue weighted by Gasteiger charge is -2.37. The summed E-state index contributed by atoms with van der Waals surface area (Å²) in [6.45, 7) is 9.78. The van der Waals surface area contributed by atoms with Gasteiger partial charge in [-0.25, -0.2) is 17.5 Å². The first kappa shape index (κ1) is 24.8. The van der Waals surface area contributed by atoms with Crippen molar-refractivity contribution in [2.24, 2.45) is 16.7 Å². The Morgan fingerprint density at radius 1 is 1.23 bits per heavy atom. The van der Waals surface area contributed by atoms with Gasteiger partial charge in [-0.3, -0.25) is 9.36 Å². The molecule has 3 aliphatic rings. The lowest BCUT2D eigenvalue weighted by Crippen LogP contribution is -2.47. The van der Waals surface area contributed by atoms with Crippen molar-refractivity contribution in [2.75, 3.05) is 5.75 Å². The number of hydrogen-bond acceptors (Lipinski definition) is 5. The Morgan fingerprint density at radius 2 is 1.91 bits per heavy atom. The van der Waals surface area contributed by atoms with Crippen LogP contribution in [0.4, 0.5) is 4.79 Å². The molecule has 1 saturated heterocycles. The monoisotopic (exact) mass is 564 g/mol. The van der Waals surface area contributed by atoms with Crippen molar-refractivity contribution < 1.29 is 22.7 Å².